The van der Waals surface area contributed by atoms with Gasteiger partial charge in [0.05, 0.1) is 17.0 Å². The van der Waals surface area contributed by atoms with E-state index in [1.807, 2.05) is 66.7 Å². The van der Waals surface area contributed by atoms with Crippen LogP contribution in [0.2, 0.25) is 0 Å². The van der Waals surface area contributed by atoms with Gasteiger partial charge in [-0.2, -0.15) is 5.26 Å². The number of pyridine rings is 1. The number of rotatable bonds is 7. The van der Waals surface area contributed by atoms with Crippen LogP contribution in [-0.4, -0.2) is 30.7 Å². The molecule has 0 aliphatic rings. The van der Waals surface area contributed by atoms with Gasteiger partial charge in [-0.25, -0.2) is 13.4 Å². The van der Waals surface area contributed by atoms with Crippen LogP contribution in [0, 0.1) is 11.3 Å². The molecular formula is C22H20N2O2S2. The molecule has 0 aliphatic heterocycles. The molecule has 6 heteroatoms. The molecule has 1 aromatic heterocycles. The highest BCUT2D eigenvalue weighted by Gasteiger charge is 2.17. The highest BCUT2D eigenvalue weighted by molar-refractivity contribution is 8.00. The maximum Gasteiger partial charge on any atom is 0.150 e. The van der Waals surface area contributed by atoms with Crippen LogP contribution in [0.4, 0.5) is 0 Å². The van der Waals surface area contributed by atoms with Crippen LogP contribution in [0.1, 0.15) is 12.5 Å². The Balaban J connectivity index is 2.08. The third kappa shape index (κ3) is 4.80. The summed E-state index contributed by atoms with van der Waals surface area (Å²) in [4.78, 5) is 4.69. The zero-order valence-electron chi connectivity index (χ0n) is 15.5. The van der Waals surface area contributed by atoms with E-state index in [0.717, 1.165) is 22.4 Å². The van der Waals surface area contributed by atoms with Crippen LogP contribution < -0.4 is 0 Å². The molecular weight excluding hydrogens is 388 g/mol. The molecule has 28 heavy (non-hydrogen) atoms. The first-order valence-corrected chi connectivity index (χ1v) is 11.7. The maximum absolute atomic E-state index is 11.8. The second kappa shape index (κ2) is 9.05. The molecule has 3 aromatic rings. The van der Waals surface area contributed by atoms with Crippen molar-refractivity contribution in [3.63, 3.8) is 0 Å². The number of nitriles is 1. The van der Waals surface area contributed by atoms with E-state index in [1.165, 1.54) is 11.8 Å². The molecule has 0 spiro atoms. The number of nitrogens with zero attached hydrogens (tertiary/aromatic N) is 2. The minimum Gasteiger partial charge on any atom is -0.240 e. The van der Waals surface area contributed by atoms with Gasteiger partial charge < -0.3 is 0 Å². The Morgan fingerprint density at radius 1 is 1.00 bits per heavy atom. The second-order valence-electron chi connectivity index (χ2n) is 6.16. The average molecular weight is 409 g/mol. The fourth-order valence-electron chi connectivity index (χ4n) is 2.75. The summed E-state index contributed by atoms with van der Waals surface area (Å²) < 4.78 is 23.6. The van der Waals surface area contributed by atoms with Gasteiger partial charge >= 0.3 is 0 Å². The first kappa shape index (κ1) is 20.1. The molecule has 142 valence electrons. The first-order valence-electron chi connectivity index (χ1n) is 8.93. The number of hydrogen-bond donors (Lipinski definition) is 0. The predicted molar refractivity (Wildman–Crippen MR) is 115 cm³/mol. The van der Waals surface area contributed by atoms with Crippen LogP contribution in [-0.2, 0) is 9.84 Å². The Labute approximate surface area is 170 Å². The van der Waals surface area contributed by atoms with Crippen LogP contribution in [0.15, 0.2) is 71.8 Å². The van der Waals surface area contributed by atoms with Crippen LogP contribution in [0.3, 0.4) is 0 Å². The molecule has 4 nitrogen and oxygen atoms in total. The number of hydrogen-bond acceptors (Lipinski definition) is 5. The largest absolute Gasteiger partial charge is 0.240 e. The van der Waals surface area contributed by atoms with Gasteiger partial charge in [-0.15, -0.1) is 11.8 Å². The van der Waals surface area contributed by atoms with Gasteiger partial charge in [0, 0.05) is 22.6 Å². The Hall–Kier alpha value is -2.62. The van der Waals surface area contributed by atoms with Gasteiger partial charge in [0.2, 0.25) is 0 Å². The van der Waals surface area contributed by atoms with E-state index >= 15 is 0 Å². The summed E-state index contributed by atoms with van der Waals surface area (Å²) >= 11 is 1.32. The average Bonchev–Trinajstić information content (AvgIpc) is 2.74. The number of thioether (sulfide) groups is 1. The highest BCUT2D eigenvalue weighted by Crippen LogP contribution is 2.34. The third-order valence-electron chi connectivity index (χ3n) is 4.33. The van der Waals surface area contributed by atoms with Gasteiger partial charge in [-0.3, -0.25) is 0 Å². The van der Waals surface area contributed by atoms with Gasteiger partial charge in [0.1, 0.15) is 11.1 Å². The van der Waals surface area contributed by atoms with Crippen molar-refractivity contribution in [2.45, 2.75) is 11.9 Å². The lowest BCUT2D eigenvalue weighted by atomic mass is 9.99. The molecule has 0 saturated carbocycles. The van der Waals surface area contributed by atoms with E-state index in [9.17, 15) is 13.7 Å². The van der Waals surface area contributed by atoms with E-state index in [1.54, 1.807) is 6.92 Å². The molecule has 0 N–H and O–H groups in total. The van der Waals surface area contributed by atoms with Gasteiger partial charge in [-0.1, -0.05) is 67.6 Å². The highest BCUT2D eigenvalue weighted by atomic mass is 32.2. The summed E-state index contributed by atoms with van der Waals surface area (Å²) in [6.45, 7) is 1.64. The van der Waals surface area contributed by atoms with Crippen LogP contribution in [0.5, 0.6) is 0 Å². The van der Waals surface area contributed by atoms with Crippen LogP contribution in [0.25, 0.3) is 22.4 Å². The predicted octanol–water partition coefficient (Wildman–Crippen LogP) is 4.81. The standard InChI is InChI=1S/C22H20N2O2S2/c1-2-28(25,26)14-13-27-22-20(16-23)19(17-9-5-3-6-10-17)15-21(24-22)18-11-7-4-8-12-18/h3-12,15H,2,13-14H2,1H3. The van der Waals surface area contributed by atoms with Crippen LogP contribution >= 0.6 is 11.8 Å². The number of sulfone groups is 1. The van der Waals surface area contributed by atoms with Crippen molar-refractivity contribution in [1.29, 1.82) is 5.26 Å². The quantitative estimate of drug-likeness (QED) is 0.525. The molecule has 0 atom stereocenters. The first-order chi connectivity index (χ1) is 13.5. The molecule has 1 heterocycles. The van der Waals surface area contributed by atoms with Gasteiger partial charge in [0.25, 0.3) is 0 Å². The lowest BCUT2D eigenvalue weighted by Crippen LogP contribution is -2.10. The summed E-state index contributed by atoms with van der Waals surface area (Å²) in [6, 6.07) is 23.7. The van der Waals surface area contributed by atoms with Crippen molar-refractivity contribution >= 4 is 21.6 Å². The molecule has 0 aliphatic carbocycles. The second-order valence-corrected chi connectivity index (χ2v) is 9.72. The van der Waals surface area contributed by atoms with E-state index in [0.29, 0.717) is 16.3 Å². The molecule has 0 radical (unpaired) electrons. The van der Waals surface area contributed by atoms with Crippen molar-refractivity contribution in [1.82, 2.24) is 4.98 Å². The molecule has 0 amide bonds. The summed E-state index contributed by atoms with van der Waals surface area (Å²) in [7, 11) is -3.07. The Morgan fingerprint density at radius 2 is 1.61 bits per heavy atom. The lowest BCUT2D eigenvalue weighted by molar-refractivity contribution is 0.599. The molecule has 0 unspecified atom stereocenters. The molecule has 0 fully saturated rings. The zero-order valence-corrected chi connectivity index (χ0v) is 17.1. The summed E-state index contributed by atoms with van der Waals surface area (Å²) in [5.74, 6) is 0.548. The Morgan fingerprint density at radius 3 is 2.18 bits per heavy atom. The molecule has 0 bridgehead atoms. The smallest absolute Gasteiger partial charge is 0.150 e. The normalized spacial score (nSPS) is 11.1. The monoisotopic (exact) mass is 408 g/mol. The molecule has 3 rings (SSSR count). The zero-order chi connectivity index (χ0) is 20.0. The van der Waals surface area contributed by atoms with E-state index < -0.39 is 9.84 Å². The molecule has 0 saturated heterocycles. The summed E-state index contributed by atoms with van der Waals surface area (Å²) in [5, 5.41) is 10.4. The summed E-state index contributed by atoms with van der Waals surface area (Å²) in [6.07, 6.45) is 0. The summed E-state index contributed by atoms with van der Waals surface area (Å²) in [5.41, 5.74) is 3.93. The number of benzene rings is 2. The van der Waals surface area contributed by atoms with Crippen molar-refractivity contribution in [2.75, 3.05) is 17.3 Å². The molecule has 2 aromatic carbocycles. The Bertz CT molecular complexity index is 1090. The lowest BCUT2D eigenvalue weighted by Gasteiger charge is -2.12. The fraction of sp³-hybridized carbons (Fsp3) is 0.182. The maximum atomic E-state index is 11.8. The van der Waals surface area contributed by atoms with Gasteiger partial charge in [-0.05, 0) is 11.6 Å². The van der Waals surface area contributed by atoms with Crippen molar-refractivity contribution in [2.24, 2.45) is 0 Å². The van der Waals surface area contributed by atoms with Gasteiger partial charge in [0.15, 0.2) is 9.84 Å². The van der Waals surface area contributed by atoms with Crippen molar-refractivity contribution in [3.8, 4) is 28.5 Å². The number of aromatic nitrogens is 1. The van der Waals surface area contributed by atoms with E-state index in [-0.39, 0.29) is 11.5 Å². The third-order valence-corrected chi connectivity index (χ3v) is 7.27. The van der Waals surface area contributed by atoms with Crippen molar-refractivity contribution < 1.29 is 8.42 Å². The SMILES string of the molecule is CCS(=O)(=O)CCSc1nc(-c2ccccc2)cc(-c2ccccc2)c1C#N. The minimum absolute atomic E-state index is 0.0664. The topological polar surface area (TPSA) is 70.8 Å². The Kier molecular flexibility index (Phi) is 6.50. The fourth-order valence-corrected chi connectivity index (χ4v) is 5.04. The minimum atomic E-state index is -3.07. The van der Waals surface area contributed by atoms with E-state index in [2.05, 4.69) is 6.07 Å². The van der Waals surface area contributed by atoms with E-state index in [4.69, 9.17) is 4.98 Å². The van der Waals surface area contributed by atoms with Crippen molar-refractivity contribution in [3.05, 3.63) is 72.3 Å².